The van der Waals surface area contributed by atoms with Crippen LogP contribution < -0.4 is 10.9 Å². The van der Waals surface area contributed by atoms with Gasteiger partial charge in [0.1, 0.15) is 0 Å². The van der Waals surface area contributed by atoms with Gasteiger partial charge in [-0.1, -0.05) is 37.3 Å². The predicted molar refractivity (Wildman–Crippen MR) is 93.6 cm³/mol. The summed E-state index contributed by atoms with van der Waals surface area (Å²) < 4.78 is 5.59. The largest absolute Gasteiger partial charge is 0.376 e. The third-order valence-electron chi connectivity index (χ3n) is 3.86. The molecule has 1 heterocycles. The van der Waals surface area contributed by atoms with Gasteiger partial charge < -0.3 is 15.0 Å². The fourth-order valence-corrected chi connectivity index (χ4v) is 2.45. The highest BCUT2D eigenvalue weighted by molar-refractivity contribution is 5.78. The summed E-state index contributed by atoms with van der Waals surface area (Å²) in [6.45, 7) is 6.56. The van der Waals surface area contributed by atoms with E-state index in [9.17, 15) is 9.59 Å². The van der Waals surface area contributed by atoms with Gasteiger partial charge in [-0.2, -0.15) is 0 Å². The van der Waals surface area contributed by atoms with Crippen molar-refractivity contribution in [1.82, 2.24) is 10.3 Å². The molecule has 0 aliphatic carbocycles. The van der Waals surface area contributed by atoms with E-state index in [1.807, 2.05) is 57.2 Å². The van der Waals surface area contributed by atoms with E-state index in [4.69, 9.17) is 4.74 Å². The van der Waals surface area contributed by atoms with Crippen LogP contribution in [0.3, 0.4) is 0 Å². The number of pyridine rings is 1. The molecule has 0 aliphatic rings. The molecule has 1 aromatic heterocycles. The first-order valence-corrected chi connectivity index (χ1v) is 8.06. The SMILES string of the molecule is Cc1cc(C)c(CNC(=O)[C@H](C)COCc2ccccc2)c(=O)[nH]1. The summed E-state index contributed by atoms with van der Waals surface area (Å²) in [7, 11) is 0. The van der Waals surface area contributed by atoms with Gasteiger partial charge in [-0.3, -0.25) is 9.59 Å². The molecule has 24 heavy (non-hydrogen) atoms. The molecular weight excluding hydrogens is 304 g/mol. The molecule has 0 aliphatic heterocycles. The summed E-state index contributed by atoms with van der Waals surface area (Å²) >= 11 is 0. The third-order valence-corrected chi connectivity index (χ3v) is 3.86. The number of ether oxygens (including phenoxy) is 1. The highest BCUT2D eigenvalue weighted by atomic mass is 16.5. The van der Waals surface area contributed by atoms with Crippen molar-refractivity contribution in [3.63, 3.8) is 0 Å². The van der Waals surface area contributed by atoms with Crippen LogP contribution in [0.1, 0.15) is 29.3 Å². The van der Waals surface area contributed by atoms with Gasteiger partial charge in [0.2, 0.25) is 5.91 Å². The number of carbonyl (C=O) groups excluding carboxylic acids is 1. The molecule has 0 spiro atoms. The molecule has 2 N–H and O–H groups in total. The number of rotatable bonds is 7. The monoisotopic (exact) mass is 328 g/mol. The summed E-state index contributed by atoms with van der Waals surface area (Å²) in [6, 6.07) is 11.7. The number of benzene rings is 1. The van der Waals surface area contributed by atoms with E-state index >= 15 is 0 Å². The van der Waals surface area contributed by atoms with Crippen LogP contribution in [0.15, 0.2) is 41.2 Å². The minimum absolute atomic E-state index is 0.123. The van der Waals surface area contributed by atoms with Crippen LogP contribution in [-0.4, -0.2) is 17.5 Å². The fraction of sp³-hybridized carbons (Fsp3) is 0.368. The molecule has 0 radical (unpaired) electrons. The molecular formula is C19H24N2O3. The fourth-order valence-electron chi connectivity index (χ4n) is 2.45. The average Bonchev–Trinajstić information content (AvgIpc) is 2.54. The van der Waals surface area contributed by atoms with Crippen molar-refractivity contribution in [1.29, 1.82) is 0 Å². The molecule has 0 fully saturated rings. The van der Waals surface area contributed by atoms with Crippen molar-refractivity contribution in [2.45, 2.75) is 33.9 Å². The van der Waals surface area contributed by atoms with Crippen molar-refractivity contribution < 1.29 is 9.53 Å². The Morgan fingerprint density at radius 1 is 1.25 bits per heavy atom. The summed E-state index contributed by atoms with van der Waals surface area (Å²) in [4.78, 5) is 26.8. The predicted octanol–water partition coefficient (Wildman–Crippen LogP) is 2.46. The number of H-pyrrole nitrogens is 1. The van der Waals surface area contributed by atoms with Gasteiger partial charge in [-0.15, -0.1) is 0 Å². The number of aromatic amines is 1. The minimum Gasteiger partial charge on any atom is -0.376 e. The Balaban J connectivity index is 1.81. The van der Waals surface area contributed by atoms with Crippen LogP contribution in [-0.2, 0) is 22.7 Å². The second kappa shape index (κ2) is 8.45. The van der Waals surface area contributed by atoms with Crippen molar-refractivity contribution in [3.05, 3.63) is 69.1 Å². The maximum absolute atomic E-state index is 12.1. The van der Waals surface area contributed by atoms with Crippen LogP contribution in [0.25, 0.3) is 0 Å². The zero-order valence-electron chi connectivity index (χ0n) is 14.4. The van der Waals surface area contributed by atoms with Crippen molar-refractivity contribution in [2.75, 3.05) is 6.61 Å². The zero-order valence-corrected chi connectivity index (χ0v) is 14.4. The Labute approximate surface area is 142 Å². The Morgan fingerprint density at radius 2 is 1.96 bits per heavy atom. The Morgan fingerprint density at radius 3 is 2.62 bits per heavy atom. The summed E-state index contributed by atoms with van der Waals surface area (Å²) in [6.07, 6.45) is 0. The van der Waals surface area contributed by atoms with Gasteiger partial charge in [0.05, 0.1) is 19.1 Å². The standard InChI is InChI=1S/C19H24N2O3/c1-13-9-15(3)21-19(23)17(13)10-20-18(22)14(2)11-24-12-16-7-5-4-6-8-16/h4-9,14H,10-12H2,1-3H3,(H,20,22)(H,21,23)/t14-/m1/s1. The molecule has 2 rings (SSSR count). The number of nitrogens with one attached hydrogen (secondary N) is 2. The Hall–Kier alpha value is -2.40. The maximum atomic E-state index is 12.1. The van der Waals surface area contributed by atoms with Crippen LogP contribution >= 0.6 is 0 Å². The second-order valence-electron chi connectivity index (χ2n) is 6.06. The maximum Gasteiger partial charge on any atom is 0.253 e. The first kappa shape index (κ1) is 17.9. The molecule has 0 bridgehead atoms. The quantitative estimate of drug-likeness (QED) is 0.820. The molecule has 5 heteroatoms. The average molecular weight is 328 g/mol. The van der Waals surface area contributed by atoms with Crippen molar-refractivity contribution >= 4 is 5.91 Å². The van der Waals surface area contributed by atoms with E-state index in [2.05, 4.69) is 10.3 Å². The van der Waals surface area contributed by atoms with E-state index in [1.54, 1.807) is 0 Å². The van der Waals surface area contributed by atoms with Gasteiger partial charge in [-0.05, 0) is 31.0 Å². The van der Waals surface area contributed by atoms with E-state index in [1.165, 1.54) is 0 Å². The topological polar surface area (TPSA) is 71.2 Å². The van der Waals surface area contributed by atoms with Gasteiger partial charge in [0.15, 0.2) is 0 Å². The number of hydrogen-bond donors (Lipinski definition) is 2. The summed E-state index contributed by atoms with van der Waals surface area (Å²) in [5.41, 5.74) is 3.21. The van der Waals surface area contributed by atoms with Gasteiger partial charge in [0.25, 0.3) is 5.56 Å². The number of carbonyl (C=O) groups is 1. The minimum atomic E-state index is -0.279. The first-order valence-electron chi connectivity index (χ1n) is 8.06. The number of amides is 1. The molecule has 1 aromatic carbocycles. The molecule has 128 valence electrons. The highest BCUT2D eigenvalue weighted by Gasteiger charge is 2.14. The van der Waals surface area contributed by atoms with Crippen molar-refractivity contribution in [3.8, 4) is 0 Å². The lowest BCUT2D eigenvalue weighted by molar-refractivity contribution is -0.126. The lowest BCUT2D eigenvalue weighted by Crippen LogP contribution is -2.33. The molecule has 1 atom stereocenters. The Bertz CT molecular complexity index is 738. The van der Waals surface area contributed by atoms with Crippen LogP contribution in [0, 0.1) is 19.8 Å². The lowest BCUT2D eigenvalue weighted by Gasteiger charge is -2.13. The van der Waals surface area contributed by atoms with E-state index < -0.39 is 0 Å². The molecule has 1 amide bonds. The molecule has 0 saturated heterocycles. The Kier molecular flexibility index (Phi) is 6.32. The van der Waals surface area contributed by atoms with Crippen LogP contribution in [0.4, 0.5) is 0 Å². The van der Waals surface area contributed by atoms with Gasteiger partial charge in [0, 0.05) is 17.8 Å². The summed E-state index contributed by atoms with van der Waals surface area (Å²) in [5.74, 6) is -0.402. The highest BCUT2D eigenvalue weighted by Crippen LogP contribution is 2.06. The van der Waals surface area contributed by atoms with E-state index in [0.717, 1.165) is 16.8 Å². The molecule has 2 aromatic rings. The number of hydrogen-bond acceptors (Lipinski definition) is 3. The molecule has 5 nitrogen and oxygen atoms in total. The second-order valence-corrected chi connectivity index (χ2v) is 6.06. The molecule has 0 saturated carbocycles. The van der Waals surface area contributed by atoms with Crippen molar-refractivity contribution in [2.24, 2.45) is 5.92 Å². The van der Waals surface area contributed by atoms with Gasteiger partial charge in [-0.25, -0.2) is 0 Å². The van der Waals surface area contributed by atoms with Crippen LogP contribution in [0.2, 0.25) is 0 Å². The smallest absolute Gasteiger partial charge is 0.253 e. The molecule has 0 unspecified atom stereocenters. The van der Waals surface area contributed by atoms with Gasteiger partial charge >= 0.3 is 0 Å². The normalized spacial score (nSPS) is 12.0. The lowest BCUT2D eigenvalue weighted by atomic mass is 10.1. The third kappa shape index (κ3) is 5.06. The first-order chi connectivity index (χ1) is 11.5. The van der Waals surface area contributed by atoms with E-state index in [-0.39, 0.29) is 23.9 Å². The summed E-state index contributed by atoms with van der Waals surface area (Å²) in [5, 5.41) is 2.81. The zero-order chi connectivity index (χ0) is 17.5. The van der Waals surface area contributed by atoms with E-state index in [0.29, 0.717) is 18.8 Å². The number of aryl methyl sites for hydroxylation is 2. The van der Waals surface area contributed by atoms with Crippen LogP contribution in [0.5, 0.6) is 0 Å². The number of aromatic nitrogens is 1.